The first-order valence-corrected chi connectivity index (χ1v) is 8.37. The molecule has 0 aliphatic heterocycles. The van der Waals surface area contributed by atoms with E-state index in [1.807, 2.05) is 0 Å². The maximum atomic E-state index is 14.1. The van der Waals surface area contributed by atoms with Crippen LogP contribution in [-0.2, 0) is 21.3 Å². The lowest BCUT2D eigenvalue weighted by atomic mass is 9.89. The third kappa shape index (κ3) is 4.57. The molecule has 0 aliphatic rings. The Morgan fingerprint density at radius 1 is 1.27 bits per heavy atom. The number of carboxylic acids is 1. The van der Waals surface area contributed by atoms with Crippen LogP contribution in [0.25, 0.3) is 0 Å². The topological polar surface area (TPSA) is 66.4 Å². The number of carboxylic acid groups (broad SMARTS) is 1. The van der Waals surface area contributed by atoms with E-state index in [1.54, 1.807) is 20.8 Å². The van der Waals surface area contributed by atoms with Crippen LogP contribution in [0.4, 0.5) is 8.78 Å². The first-order chi connectivity index (χ1) is 9.86. The summed E-state index contributed by atoms with van der Waals surface area (Å²) in [7, 11) is -1.63. The minimum Gasteiger partial charge on any atom is -0.481 e. The van der Waals surface area contributed by atoms with Gasteiger partial charge in [-0.25, -0.2) is 17.7 Å². The lowest BCUT2D eigenvalue weighted by Gasteiger charge is -2.33. The molecule has 0 heterocycles. The zero-order chi connectivity index (χ0) is 17.3. The van der Waals surface area contributed by atoms with E-state index in [-0.39, 0.29) is 10.0 Å². The van der Waals surface area contributed by atoms with Crippen molar-refractivity contribution in [2.75, 3.05) is 0 Å². The average molecular weight is 398 g/mol. The van der Waals surface area contributed by atoms with Crippen LogP contribution < -0.4 is 4.72 Å². The van der Waals surface area contributed by atoms with Gasteiger partial charge in [0.05, 0.1) is 32.2 Å². The minimum atomic E-state index is -1.63. The molecule has 0 bridgehead atoms. The second-order valence-electron chi connectivity index (χ2n) is 6.13. The fourth-order valence-corrected chi connectivity index (χ4v) is 3.03. The lowest BCUT2D eigenvalue weighted by molar-refractivity contribution is -0.138. The van der Waals surface area contributed by atoms with Crippen LogP contribution in [0.1, 0.15) is 39.7 Å². The Balaban J connectivity index is 3.37. The highest BCUT2D eigenvalue weighted by molar-refractivity contribution is 9.10. The second-order valence-corrected chi connectivity index (χ2v) is 8.95. The third-order valence-electron chi connectivity index (χ3n) is 2.98. The maximum Gasteiger partial charge on any atom is 0.305 e. The van der Waals surface area contributed by atoms with Gasteiger partial charge in [-0.05, 0) is 49.7 Å². The van der Waals surface area contributed by atoms with Crippen molar-refractivity contribution in [3.63, 3.8) is 0 Å². The van der Waals surface area contributed by atoms with Gasteiger partial charge in [-0.15, -0.1) is 0 Å². The van der Waals surface area contributed by atoms with Crippen molar-refractivity contribution in [2.24, 2.45) is 0 Å². The van der Waals surface area contributed by atoms with E-state index >= 15 is 0 Å². The summed E-state index contributed by atoms with van der Waals surface area (Å²) in [6, 6.07) is 1.83. The van der Waals surface area contributed by atoms with E-state index in [1.165, 1.54) is 13.0 Å². The van der Waals surface area contributed by atoms with Crippen LogP contribution in [0.2, 0.25) is 0 Å². The summed E-state index contributed by atoms with van der Waals surface area (Å²) < 4.78 is 41.8. The Morgan fingerprint density at radius 3 is 2.27 bits per heavy atom. The Kier molecular flexibility index (Phi) is 5.86. The van der Waals surface area contributed by atoms with Crippen LogP contribution in [0, 0.1) is 11.6 Å². The molecule has 0 saturated carbocycles. The standard InChI is InChI=1S/C14H18BrF2NO3S/c1-13(2,3)22(21)18-14(4,7-12(19)20)8-5-9(15)11(17)6-10(8)16/h5-6,18H,7H2,1-4H3,(H,19,20)/t14-,22+/m0/s1. The van der Waals surface area contributed by atoms with Gasteiger partial charge in [0.1, 0.15) is 11.6 Å². The number of benzene rings is 1. The normalized spacial score (nSPS) is 16.1. The number of rotatable bonds is 5. The zero-order valence-electron chi connectivity index (χ0n) is 12.7. The molecule has 0 radical (unpaired) electrons. The minimum absolute atomic E-state index is 0.00357. The molecule has 124 valence electrons. The molecule has 8 heteroatoms. The van der Waals surface area contributed by atoms with Gasteiger partial charge in [-0.3, -0.25) is 4.79 Å². The molecule has 0 aromatic heterocycles. The number of aliphatic carboxylic acids is 1. The van der Waals surface area contributed by atoms with Crippen molar-refractivity contribution >= 4 is 32.9 Å². The summed E-state index contributed by atoms with van der Waals surface area (Å²) in [5.74, 6) is -2.89. The summed E-state index contributed by atoms with van der Waals surface area (Å²) in [5.41, 5.74) is -1.52. The Hall–Kier alpha value is -0.860. The first kappa shape index (κ1) is 19.2. The van der Waals surface area contributed by atoms with Crippen molar-refractivity contribution in [2.45, 2.75) is 44.4 Å². The molecular weight excluding hydrogens is 380 g/mol. The SMILES string of the molecule is CC(C)(C)[S@@](=O)N[C@@](C)(CC(=O)O)c1cc(Br)c(F)cc1F. The van der Waals surface area contributed by atoms with Gasteiger partial charge in [-0.2, -0.15) is 0 Å². The van der Waals surface area contributed by atoms with E-state index in [9.17, 15) is 17.8 Å². The highest BCUT2D eigenvalue weighted by Gasteiger charge is 2.37. The largest absolute Gasteiger partial charge is 0.481 e. The monoisotopic (exact) mass is 397 g/mol. The number of hydrogen-bond donors (Lipinski definition) is 2. The molecule has 0 aliphatic carbocycles. The molecule has 2 N–H and O–H groups in total. The van der Waals surface area contributed by atoms with Crippen LogP contribution in [0.3, 0.4) is 0 Å². The van der Waals surface area contributed by atoms with E-state index in [4.69, 9.17) is 5.11 Å². The Morgan fingerprint density at radius 2 is 1.82 bits per heavy atom. The van der Waals surface area contributed by atoms with Gasteiger partial charge >= 0.3 is 5.97 Å². The van der Waals surface area contributed by atoms with Gasteiger partial charge in [0, 0.05) is 11.6 Å². The number of carbonyl (C=O) groups is 1. The summed E-state index contributed by atoms with van der Waals surface area (Å²) in [6.45, 7) is 6.53. The van der Waals surface area contributed by atoms with Gasteiger partial charge in [0.2, 0.25) is 0 Å². The fraction of sp³-hybridized carbons (Fsp3) is 0.500. The highest BCUT2D eigenvalue weighted by Crippen LogP contribution is 2.32. The van der Waals surface area contributed by atoms with Crippen LogP contribution >= 0.6 is 15.9 Å². The Labute approximate surface area is 139 Å². The van der Waals surface area contributed by atoms with Crippen molar-refractivity contribution < 1.29 is 22.9 Å². The number of halogens is 3. The van der Waals surface area contributed by atoms with Crippen LogP contribution in [0.5, 0.6) is 0 Å². The van der Waals surface area contributed by atoms with E-state index in [0.29, 0.717) is 6.07 Å². The quantitative estimate of drug-likeness (QED) is 0.747. The molecule has 1 aromatic rings. The first-order valence-electron chi connectivity index (χ1n) is 6.43. The second kappa shape index (κ2) is 6.72. The van der Waals surface area contributed by atoms with Crippen molar-refractivity contribution in [1.29, 1.82) is 0 Å². The van der Waals surface area contributed by atoms with Gasteiger partial charge in [0.15, 0.2) is 0 Å². The van der Waals surface area contributed by atoms with E-state index in [2.05, 4.69) is 20.7 Å². The molecule has 4 nitrogen and oxygen atoms in total. The van der Waals surface area contributed by atoms with Crippen molar-refractivity contribution in [3.05, 3.63) is 33.8 Å². The molecule has 2 atom stereocenters. The summed E-state index contributed by atoms with van der Waals surface area (Å²) >= 11 is 2.95. The smallest absolute Gasteiger partial charge is 0.305 e. The highest BCUT2D eigenvalue weighted by atomic mass is 79.9. The zero-order valence-corrected chi connectivity index (χ0v) is 15.1. The van der Waals surface area contributed by atoms with Gasteiger partial charge in [0.25, 0.3) is 0 Å². The average Bonchev–Trinajstić information content (AvgIpc) is 2.31. The van der Waals surface area contributed by atoms with E-state index in [0.717, 1.165) is 0 Å². The number of hydrogen-bond acceptors (Lipinski definition) is 2. The summed E-state index contributed by atoms with van der Waals surface area (Å²) in [5, 5.41) is 9.09. The van der Waals surface area contributed by atoms with Crippen LogP contribution in [-0.4, -0.2) is 20.0 Å². The Bertz CT molecular complexity index is 619. The third-order valence-corrected chi connectivity index (χ3v) is 5.34. The molecule has 1 rings (SSSR count). The predicted molar refractivity (Wildman–Crippen MR) is 84.7 cm³/mol. The predicted octanol–water partition coefficient (Wildman–Crippen LogP) is 3.47. The fourth-order valence-electron chi connectivity index (χ4n) is 1.79. The molecular formula is C14H18BrF2NO3S. The molecule has 0 fully saturated rings. The number of nitrogens with one attached hydrogen (secondary N) is 1. The molecule has 0 amide bonds. The van der Waals surface area contributed by atoms with Crippen molar-refractivity contribution in [1.82, 2.24) is 4.72 Å². The molecule has 0 unspecified atom stereocenters. The molecule has 0 spiro atoms. The maximum absolute atomic E-state index is 14.1. The van der Waals surface area contributed by atoms with E-state index < -0.39 is 45.3 Å². The lowest BCUT2D eigenvalue weighted by Crippen LogP contribution is -2.47. The van der Waals surface area contributed by atoms with Crippen LogP contribution in [0.15, 0.2) is 16.6 Å². The molecule has 1 aromatic carbocycles. The van der Waals surface area contributed by atoms with Gasteiger partial charge in [-0.1, -0.05) is 0 Å². The summed E-state index contributed by atoms with van der Waals surface area (Å²) in [4.78, 5) is 11.1. The van der Waals surface area contributed by atoms with Crippen molar-refractivity contribution in [3.8, 4) is 0 Å². The molecule has 22 heavy (non-hydrogen) atoms. The van der Waals surface area contributed by atoms with Gasteiger partial charge < -0.3 is 5.11 Å². The summed E-state index contributed by atoms with van der Waals surface area (Å²) in [6.07, 6.45) is -0.510. The molecule has 0 saturated heterocycles.